The van der Waals surface area contributed by atoms with E-state index in [1.807, 2.05) is 0 Å². The van der Waals surface area contributed by atoms with Gasteiger partial charge < -0.3 is 24.0 Å². The van der Waals surface area contributed by atoms with E-state index in [0.29, 0.717) is 45.3 Å². The molecule has 2 fully saturated rings. The number of hydrogen-bond donors (Lipinski definition) is 0. The number of likely N-dealkylation sites (tertiary alicyclic amines) is 2. The van der Waals surface area contributed by atoms with E-state index in [-0.39, 0.29) is 30.9 Å². The summed E-state index contributed by atoms with van der Waals surface area (Å²) in [5.74, 6) is -1.66. The highest BCUT2D eigenvalue weighted by Gasteiger charge is 2.33. The van der Waals surface area contributed by atoms with Gasteiger partial charge in [-0.25, -0.2) is 4.79 Å². The predicted octanol–water partition coefficient (Wildman–Crippen LogP) is 1.59. The molecule has 0 aliphatic carbocycles. The average molecular weight is 412 g/mol. The molecule has 0 radical (unpaired) electrons. The number of ether oxygens (including phenoxy) is 3. The van der Waals surface area contributed by atoms with E-state index in [9.17, 15) is 19.2 Å². The number of hydrogen-bond acceptors (Lipinski definition) is 7. The molecule has 2 aliphatic rings. The number of carbonyl (C=O) groups excluding carboxylic acids is 4. The molecule has 1 unspecified atom stereocenters. The Morgan fingerprint density at radius 1 is 0.897 bits per heavy atom. The number of nitrogens with zero attached hydrogens (tertiary/aromatic N) is 2. The highest BCUT2D eigenvalue weighted by molar-refractivity contribution is 5.82. The number of esters is 2. The lowest BCUT2D eigenvalue weighted by atomic mass is 9.97. The first-order valence-corrected chi connectivity index (χ1v) is 10.1. The van der Waals surface area contributed by atoms with Crippen molar-refractivity contribution in [2.45, 2.75) is 52.1 Å². The second-order valence-corrected chi connectivity index (χ2v) is 8.55. The van der Waals surface area contributed by atoms with Crippen LogP contribution in [0.2, 0.25) is 0 Å². The van der Waals surface area contributed by atoms with Crippen LogP contribution in [0.1, 0.15) is 46.5 Å². The molecular weight excluding hydrogens is 380 g/mol. The first kappa shape index (κ1) is 23.0. The quantitative estimate of drug-likeness (QED) is 0.510. The molecule has 2 heterocycles. The Kier molecular flexibility index (Phi) is 7.87. The van der Waals surface area contributed by atoms with Crippen molar-refractivity contribution in [3.05, 3.63) is 0 Å². The molecule has 1 atom stereocenters. The maximum absolute atomic E-state index is 12.4. The van der Waals surface area contributed by atoms with Crippen molar-refractivity contribution in [2.24, 2.45) is 11.8 Å². The molecule has 0 spiro atoms. The van der Waals surface area contributed by atoms with Crippen LogP contribution in [0.5, 0.6) is 0 Å². The normalized spacial score (nSPS) is 20.8. The zero-order chi connectivity index (χ0) is 21.6. The third-order valence-corrected chi connectivity index (χ3v) is 5.13. The van der Waals surface area contributed by atoms with E-state index in [0.717, 1.165) is 0 Å². The topological polar surface area (TPSA) is 102 Å². The van der Waals surface area contributed by atoms with Crippen LogP contribution in [0.25, 0.3) is 0 Å². The fourth-order valence-corrected chi connectivity index (χ4v) is 3.54. The van der Waals surface area contributed by atoms with Gasteiger partial charge >= 0.3 is 18.0 Å². The Bertz CT molecular complexity index is 621. The molecule has 29 heavy (non-hydrogen) atoms. The van der Waals surface area contributed by atoms with Gasteiger partial charge in [0.25, 0.3) is 5.91 Å². The molecule has 0 aromatic rings. The highest BCUT2D eigenvalue weighted by Crippen LogP contribution is 2.21. The van der Waals surface area contributed by atoms with Crippen LogP contribution in [0, 0.1) is 11.8 Å². The van der Waals surface area contributed by atoms with Crippen LogP contribution in [-0.4, -0.2) is 79.2 Å². The summed E-state index contributed by atoms with van der Waals surface area (Å²) >= 11 is 0. The second-order valence-electron chi connectivity index (χ2n) is 8.55. The van der Waals surface area contributed by atoms with Gasteiger partial charge in [0.1, 0.15) is 5.60 Å². The van der Waals surface area contributed by atoms with Crippen molar-refractivity contribution in [3.8, 4) is 0 Å². The van der Waals surface area contributed by atoms with Crippen molar-refractivity contribution in [2.75, 3.05) is 39.9 Å². The predicted molar refractivity (Wildman–Crippen MR) is 103 cm³/mol. The zero-order valence-corrected chi connectivity index (χ0v) is 17.8. The minimum Gasteiger partial charge on any atom is -0.469 e. The molecule has 0 aromatic heterocycles. The minimum atomic E-state index is -0.599. The summed E-state index contributed by atoms with van der Waals surface area (Å²) in [6.45, 7) is 6.68. The van der Waals surface area contributed by atoms with Crippen molar-refractivity contribution in [3.63, 3.8) is 0 Å². The molecule has 0 aromatic carbocycles. The summed E-state index contributed by atoms with van der Waals surface area (Å²) in [4.78, 5) is 51.6. The summed E-state index contributed by atoms with van der Waals surface area (Å²) in [7, 11) is 1.36. The molecule has 0 N–H and O–H groups in total. The standard InChI is InChI=1S/C20H32N2O7/c1-20(2,3)29-19(26)22-9-5-6-15(12-22)18(25)28-13-16(23)21-10-7-14(8-11-21)17(24)27-4/h14-15H,5-13H2,1-4H3. The molecule has 2 aliphatic heterocycles. The first-order chi connectivity index (χ1) is 13.6. The van der Waals surface area contributed by atoms with E-state index in [4.69, 9.17) is 14.2 Å². The lowest BCUT2D eigenvalue weighted by molar-refractivity contribution is -0.158. The zero-order valence-electron chi connectivity index (χ0n) is 17.8. The Morgan fingerprint density at radius 2 is 1.55 bits per heavy atom. The number of piperidine rings is 2. The van der Waals surface area contributed by atoms with Gasteiger partial charge in [-0.2, -0.15) is 0 Å². The molecule has 9 heteroatoms. The van der Waals surface area contributed by atoms with E-state index in [1.54, 1.807) is 25.7 Å². The summed E-state index contributed by atoms with van der Waals surface area (Å²) in [6.07, 6.45) is 1.92. The summed E-state index contributed by atoms with van der Waals surface area (Å²) < 4.78 is 15.3. The number of amides is 2. The molecule has 2 amide bonds. The van der Waals surface area contributed by atoms with Gasteiger partial charge in [-0.3, -0.25) is 14.4 Å². The van der Waals surface area contributed by atoms with Crippen LogP contribution < -0.4 is 0 Å². The molecular formula is C20H32N2O7. The largest absolute Gasteiger partial charge is 0.469 e. The molecule has 2 rings (SSSR count). The van der Waals surface area contributed by atoms with Gasteiger partial charge in [-0.15, -0.1) is 0 Å². The van der Waals surface area contributed by atoms with E-state index in [2.05, 4.69) is 0 Å². The Labute approximate surface area is 171 Å². The van der Waals surface area contributed by atoms with Crippen LogP contribution in [0.4, 0.5) is 4.79 Å². The lowest BCUT2D eigenvalue weighted by Gasteiger charge is -2.33. The average Bonchev–Trinajstić information content (AvgIpc) is 2.70. The molecule has 164 valence electrons. The Morgan fingerprint density at radius 3 is 2.14 bits per heavy atom. The summed E-state index contributed by atoms with van der Waals surface area (Å²) in [6, 6.07) is 0. The third kappa shape index (κ3) is 6.90. The number of rotatable bonds is 4. The minimum absolute atomic E-state index is 0.187. The van der Waals surface area contributed by atoms with Gasteiger partial charge in [0.15, 0.2) is 6.61 Å². The van der Waals surface area contributed by atoms with Crippen molar-refractivity contribution in [1.82, 2.24) is 9.80 Å². The van der Waals surface area contributed by atoms with Gasteiger partial charge in [0.05, 0.1) is 18.9 Å². The monoisotopic (exact) mass is 412 g/mol. The fourth-order valence-electron chi connectivity index (χ4n) is 3.54. The van der Waals surface area contributed by atoms with Crippen LogP contribution in [-0.2, 0) is 28.6 Å². The van der Waals surface area contributed by atoms with E-state index < -0.39 is 23.6 Å². The smallest absolute Gasteiger partial charge is 0.410 e. The van der Waals surface area contributed by atoms with E-state index >= 15 is 0 Å². The van der Waals surface area contributed by atoms with Gasteiger partial charge in [0, 0.05) is 26.2 Å². The molecule has 0 saturated carbocycles. The van der Waals surface area contributed by atoms with Crippen molar-refractivity contribution in [1.29, 1.82) is 0 Å². The Hall–Kier alpha value is -2.32. The number of carbonyl (C=O) groups is 4. The van der Waals surface area contributed by atoms with Crippen LogP contribution in [0.3, 0.4) is 0 Å². The summed E-state index contributed by atoms with van der Waals surface area (Å²) in [5, 5.41) is 0. The summed E-state index contributed by atoms with van der Waals surface area (Å²) in [5.41, 5.74) is -0.599. The molecule has 9 nitrogen and oxygen atoms in total. The van der Waals surface area contributed by atoms with Crippen LogP contribution >= 0.6 is 0 Å². The van der Waals surface area contributed by atoms with Crippen molar-refractivity contribution < 1.29 is 33.4 Å². The van der Waals surface area contributed by atoms with Gasteiger partial charge in [-0.1, -0.05) is 0 Å². The van der Waals surface area contributed by atoms with Crippen LogP contribution in [0.15, 0.2) is 0 Å². The Balaban J connectivity index is 1.76. The number of methoxy groups -OCH3 is 1. The molecule has 2 saturated heterocycles. The third-order valence-electron chi connectivity index (χ3n) is 5.13. The van der Waals surface area contributed by atoms with Gasteiger partial charge in [-0.05, 0) is 46.5 Å². The van der Waals surface area contributed by atoms with E-state index in [1.165, 1.54) is 12.0 Å². The first-order valence-electron chi connectivity index (χ1n) is 10.1. The fraction of sp³-hybridized carbons (Fsp3) is 0.800. The molecule has 0 bridgehead atoms. The maximum Gasteiger partial charge on any atom is 0.410 e. The SMILES string of the molecule is COC(=O)C1CCN(C(=O)COC(=O)C2CCCN(C(=O)OC(C)(C)C)C2)CC1. The van der Waals surface area contributed by atoms with Gasteiger partial charge in [0.2, 0.25) is 0 Å². The second kappa shape index (κ2) is 9.93. The van der Waals surface area contributed by atoms with Crippen molar-refractivity contribution >= 4 is 23.9 Å². The lowest BCUT2D eigenvalue weighted by Crippen LogP contribution is -2.46. The highest BCUT2D eigenvalue weighted by atomic mass is 16.6. The maximum atomic E-state index is 12.4.